The van der Waals surface area contributed by atoms with Crippen LogP contribution in [-0.4, -0.2) is 31.8 Å². The van der Waals surface area contributed by atoms with Crippen molar-refractivity contribution in [1.29, 1.82) is 0 Å². The van der Waals surface area contributed by atoms with Gasteiger partial charge in [0.1, 0.15) is 5.69 Å². The van der Waals surface area contributed by atoms with Gasteiger partial charge >= 0.3 is 0 Å². The molecule has 0 unspecified atom stereocenters. The molecule has 3 heterocycles. The van der Waals surface area contributed by atoms with Crippen molar-refractivity contribution in [2.24, 2.45) is 0 Å². The molecule has 3 aromatic heterocycles. The molecule has 1 amide bonds. The van der Waals surface area contributed by atoms with Gasteiger partial charge in [-0.2, -0.15) is 0 Å². The number of hydrogen-bond acceptors (Lipinski definition) is 5. The number of rotatable bonds is 4. The number of nitrogen functional groups attached to an aromatic ring is 1. The second-order valence-corrected chi connectivity index (χ2v) is 5.63. The number of imidazole rings is 1. The van der Waals surface area contributed by atoms with Gasteiger partial charge in [-0.15, -0.1) is 0 Å². The van der Waals surface area contributed by atoms with Gasteiger partial charge in [0.05, 0.1) is 11.0 Å². The summed E-state index contributed by atoms with van der Waals surface area (Å²) >= 11 is 0. The van der Waals surface area contributed by atoms with Gasteiger partial charge < -0.3 is 11.1 Å². The molecule has 1 aromatic carbocycles. The van der Waals surface area contributed by atoms with Crippen LogP contribution < -0.4 is 11.1 Å². The van der Waals surface area contributed by atoms with Crippen LogP contribution in [0, 0.1) is 0 Å². The highest BCUT2D eigenvalue weighted by molar-refractivity contribution is 5.94. The Morgan fingerprint density at radius 3 is 2.80 bits per heavy atom. The van der Waals surface area contributed by atoms with Gasteiger partial charge in [-0.1, -0.05) is 18.2 Å². The molecule has 0 radical (unpaired) electrons. The zero-order chi connectivity index (χ0) is 17.2. The maximum Gasteiger partial charge on any atom is 0.271 e. The van der Waals surface area contributed by atoms with E-state index in [4.69, 9.17) is 5.73 Å². The van der Waals surface area contributed by atoms with Gasteiger partial charge in [-0.3, -0.25) is 14.2 Å². The Balaban J connectivity index is 1.58. The number of hydrogen-bond donors (Lipinski definition) is 2. The van der Waals surface area contributed by atoms with Gasteiger partial charge in [-0.25, -0.2) is 9.97 Å². The molecule has 0 bridgehead atoms. The Labute approximate surface area is 143 Å². The summed E-state index contributed by atoms with van der Waals surface area (Å²) in [6, 6.07) is 13.4. The summed E-state index contributed by atoms with van der Waals surface area (Å²) in [6.45, 7) is 0.472. The summed E-state index contributed by atoms with van der Waals surface area (Å²) in [5, 5.41) is 2.85. The highest BCUT2D eigenvalue weighted by Gasteiger charge is 2.14. The van der Waals surface area contributed by atoms with Gasteiger partial charge in [0.15, 0.2) is 11.5 Å². The smallest absolute Gasteiger partial charge is 0.271 e. The van der Waals surface area contributed by atoms with Crippen LogP contribution >= 0.6 is 0 Å². The van der Waals surface area contributed by atoms with Gasteiger partial charge in [0.2, 0.25) is 0 Å². The first-order valence-electron chi connectivity index (χ1n) is 7.94. The Kier molecular flexibility index (Phi) is 3.74. The largest absolute Gasteiger partial charge is 0.381 e. The van der Waals surface area contributed by atoms with Crippen molar-refractivity contribution < 1.29 is 4.79 Å². The SMILES string of the molecule is Nc1nc(C(=O)NCCc2ccccn2)cn2c1nc1ccccc12. The van der Waals surface area contributed by atoms with E-state index in [0.717, 1.165) is 16.7 Å². The van der Waals surface area contributed by atoms with E-state index in [1.54, 1.807) is 16.8 Å². The van der Waals surface area contributed by atoms with Crippen LogP contribution in [0.15, 0.2) is 54.9 Å². The Bertz CT molecular complexity index is 1060. The minimum atomic E-state index is -0.276. The third kappa shape index (κ3) is 2.87. The summed E-state index contributed by atoms with van der Waals surface area (Å²) in [4.78, 5) is 25.3. The van der Waals surface area contributed by atoms with E-state index < -0.39 is 0 Å². The van der Waals surface area contributed by atoms with E-state index in [-0.39, 0.29) is 17.4 Å². The number of carbonyl (C=O) groups is 1. The fourth-order valence-electron chi connectivity index (χ4n) is 2.74. The van der Waals surface area contributed by atoms with Gasteiger partial charge in [-0.05, 0) is 24.3 Å². The van der Waals surface area contributed by atoms with E-state index in [1.165, 1.54) is 0 Å². The number of nitrogens with two attached hydrogens (primary N) is 1. The lowest BCUT2D eigenvalue weighted by Gasteiger charge is -2.06. The van der Waals surface area contributed by atoms with Crippen LogP contribution in [0.3, 0.4) is 0 Å². The molecule has 0 spiro atoms. The van der Waals surface area contributed by atoms with Crippen LogP contribution in [0.1, 0.15) is 16.2 Å². The summed E-state index contributed by atoms with van der Waals surface area (Å²) < 4.78 is 1.80. The molecule has 4 aromatic rings. The molecule has 0 atom stereocenters. The number of amides is 1. The molecule has 4 rings (SSSR count). The second-order valence-electron chi connectivity index (χ2n) is 5.63. The minimum absolute atomic E-state index is 0.230. The number of para-hydroxylation sites is 2. The Hall–Kier alpha value is -3.48. The summed E-state index contributed by atoms with van der Waals surface area (Å²) in [5.41, 5.74) is 9.41. The predicted molar refractivity (Wildman–Crippen MR) is 95.2 cm³/mol. The fourth-order valence-corrected chi connectivity index (χ4v) is 2.74. The number of nitrogens with zero attached hydrogens (tertiary/aromatic N) is 4. The number of aromatic nitrogens is 4. The topological polar surface area (TPSA) is 98.2 Å². The highest BCUT2D eigenvalue weighted by Crippen LogP contribution is 2.19. The molecule has 0 aliphatic rings. The Morgan fingerprint density at radius 2 is 1.96 bits per heavy atom. The first kappa shape index (κ1) is 15.1. The van der Waals surface area contributed by atoms with Gasteiger partial charge in [0.25, 0.3) is 5.91 Å². The van der Waals surface area contributed by atoms with Crippen molar-refractivity contribution in [3.8, 4) is 0 Å². The number of nitrogens with one attached hydrogen (secondary N) is 1. The first-order chi connectivity index (χ1) is 12.2. The lowest BCUT2D eigenvalue weighted by Crippen LogP contribution is -2.27. The third-order valence-corrected chi connectivity index (χ3v) is 3.94. The molecule has 0 fully saturated rings. The Morgan fingerprint density at radius 1 is 1.12 bits per heavy atom. The molecule has 0 saturated heterocycles. The van der Waals surface area contributed by atoms with Crippen LogP contribution in [0.4, 0.5) is 5.82 Å². The van der Waals surface area contributed by atoms with Gasteiger partial charge in [0, 0.05) is 31.1 Å². The number of fused-ring (bicyclic) bond motifs is 3. The van der Waals surface area contributed by atoms with Crippen molar-refractivity contribution >= 4 is 28.4 Å². The van der Waals surface area contributed by atoms with E-state index in [9.17, 15) is 4.79 Å². The third-order valence-electron chi connectivity index (χ3n) is 3.94. The first-order valence-corrected chi connectivity index (χ1v) is 7.94. The molecule has 124 valence electrons. The van der Waals surface area contributed by atoms with E-state index in [1.807, 2.05) is 42.5 Å². The average molecular weight is 332 g/mol. The lowest BCUT2D eigenvalue weighted by molar-refractivity contribution is 0.0949. The number of benzene rings is 1. The number of anilines is 1. The molecule has 0 aliphatic heterocycles. The second kappa shape index (κ2) is 6.20. The van der Waals surface area contributed by atoms with Crippen LogP contribution in [0.25, 0.3) is 16.7 Å². The normalized spacial score (nSPS) is 11.0. The zero-order valence-corrected chi connectivity index (χ0v) is 13.4. The van der Waals surface area contributed by atoms with Crippen molar-refractivity contribution in [2.75, 3.05) is 12.3 Å². The lowest BCUT2D eigenvalue weighted by atomic mass is 10.2. The average Bonchev–Trinajstić information content (AvgIpc) is 3.02. The number of carbonyl (C=O) groups excluding carboxylic acids is 1. The van der Waals surface area contributed by atoms with Crippen LogP contribution in [-0.2, 0) is 6.42 Å². The quantitative estimate of drug-likeness (QED) is 0.594. The standard InChI is InChI=1S/C18H16N6O/c19-16-17-23-13-6-1-2-7-15(13)24(17)11-14(22-16)18(25)21-10-8-12-5-3-4-9-20-12/h1-7,9,11H,8,10H2,(H2,19,22)(H,21,25). The van der Waals surface area contributed by atoms with Crippen molar-refractivity contribution in [1.82, 2.24) is 24.7 Å². The molecule has 3 N–H and O–H groups in total. The van der Waals surface area contributed by atoms with Crippen molar-refractivity contribution in [3.05, 3.63) is 66.2 Å². The summed E-state index contributed by atoms with van der Waals surface area (Å²) in [6.07, 6.45) is 4.05. The van der Waals surface area contributed by atoms with E-state index in [0.29, 0.717) is 18.6 Å². The maximum absolute atomic E-state index is 12.4. The van der Waals surface area contributed by atoms with Crippen molar-refractivity contribution in [2.45, 2.75) is 6.42 Å². The molecule has 7 heteroatoms. The minimum Gasteiger partial charge on any atom is -0.381 e. The molecular weight excluding hydrogens is 316 g/mol. The van der Waals surface area contributed by atoms with E-state index in [2.05, 4.69) is 20.3 Å². The van der Waals surface area contributed by atoms with Crippen LogP contribution in [0.2, 0.25) is 0 Å². The molecule has 7 nitrogen and oxygen atoms in total. The maximum atomic E-state index is 12.4. The molecule has 0 saturated carbocycles. The summed E-state index contributed by atoms with van der Waals surface area (Å²) in [5.74, 6) is -0.0455. The number of pyridine rings is 1. The molecule has 25 heavy (non-hydrogen) atoms. The highest BCUT2D eigenvalue weighted by atomic mass is 16.1. The monoisotopic (exact) mass is 332 g/mol. The fraction of sp³-hybridized carbons (Fsp3) is 0.111. The molecule has 0 aliphatic carbocycles. The zero-order valence-electron chi connectivity index (χ0n) is 13.4. The summed E-state index contributed by atoms with van der Waals surface area (Å²) in [7, 11) is 0. The van der Waals surface area contributed by atoms with E-state index >= 15 is 0 Å². The molecular formula is C18H16N6O. The predicted octanol–water partition coefficient (Wildman–Crippen LogP) is 1.83. The van der Waals surface area contributed by atoms with Crippen molar-refractivity contribution in [3.63, 3.8) is 0 Å². The van der Waals surface area contributed by atoms with Crippen LogP contribution in [0.5, 0.6) is 0 Å².